The zero-order chi connectivity index (χ0) is 45.0. The van der Waals surface area contributed by atoms with Crippen LogP contribution in [0.5, 0.6) is 23.0 Å². The van der Waals surface area contributed by atoms with Gasteiger partial charge in [-0.15, -0.1) is 0 Å². The molecule has 15 atom stereocenters. The first-order valence-corrected chi connectivity index (χ1v) is 20.1. The molecular formula is C42H63N3O16. The molecule has 2 aromatic carbocycles. The van der Waals surface area contributed by atoms with E-state index >= 15 is 0 Å². The van der Waals surface area contributed by atoms with Crippen LogP contribution in [-0.2, 0) is 28.4 Å². The molecule has 5 rings (SSSR count). The number of ether oxygens (including phenoxy) is 8. The molecule has 61 heavy (non-hydrogen) atoms. The summed E-state index contributed by atoms with van der Waals surface area (Å²) in [5.74, 6) is -0.464. The third kappa shape index (κ3) is 11.4. The van der Waals surface area contributed by atoms with Crippen molar-refractivity contribution >= 4 is 12.4 Å². The average Bonchev–Trinajstić information content (AvgIpc) is 3.20. The topological polar surface area (TPSA) is 286 Å². The van der Waals surface area contributed by atoms with E-state index in [1.807, 2.05) is 20.8 Å². The molecule has 3 aliphatic heterocycles. The quantitative estimate of drug-likeness (QED) is 0.115. The molecule has 342 valence electrons. The van der Waals surface area contributed by atoms with Gasteiger partial charge in [0.1, 0.15) is 48.7 Å². The zero-order valence-corrected chi connectivity index (χ0v) is 35.7. The SMILES string of the molecule is COc1cc(/C=N/C2C(OC3C(CO)OC(OC(C)(C)C)C(/N=C/c4ccc(O)c(OC)c4)C3O)OC(CO)C(OC3OC(CO)C(C(C)(C)C)C(O)C3N)C2O)ccc1O. The lowest BCUT2D eigenvalue weighted by molar-refractivity contribution is -0.353. The highest BCUT2D eigenvalue weighted by Gasteiger charge is 2.55. The Morgan fingerprint density at radius 1 is 0.639 bits per heavy atom. The van der Waals surface area contributed by atoms with Gasteiger partial charge in [-0.2, -0.15) is 0 Å². The van der Waals surface area contributed by atoms with Crippen LogP contribution in [0.15, 0.2) is 46.4 Å². The summed E-state index contributed by atoms with van der Waals surface area (Å²) in [6.07, 6.45) is -12.1. The number of benzene rings is 2. The fourth-order valence-electron chi connectivity index (χ4n) is 7.84. The predicted octanol–water partition coefficient (Wildman–Crippen LogP) is 0.200. The van der Waals surface area contributed by atoms with Crippen molar-refractivity contribution in [1.82, 2.24) is 0 Å². The summed E-state index contributed by atoms with van der Waals surface area (Å²) in [6.45, 7) is 9.11. The van der Waals surface area contributed by atoms with Gasteiger partial charge in [-0.3, -0.25) is 9.98 Å². The highest BCUT2D eigenvalue weighted by molar-refractivity contribution is 5.81. The van der Waals surface area contributed by atoms with E-state index in [9.17, 15) is 40.9 Å². The lowest BCUT2D eigenvalue weighted by Gasteiger charge is -2.51. The molecule has 3 saturated heterocycles. The van der Waals surface area contributed by atoms with Gasteiger partial charge >= 0.3 is 0 Å². The maximum Gasteiger partial charge on any atom is 0.183 e. The van der Waals surface area contributed by atoms with Gasteiger partial charge in [0.25, 0.3) is 0 Å². The Labute approximate surface area is 355 Å². The van der Waals surface area contributed by atoms with Crippen LogP contribution >= 0.6 is 0 Å². The van der Waals surface area contributed by atoms with Crippen LogP contribution in [0, 0.1) is 11.3 Å². The standard InChI is InChI=1S/C42H63N3O16/c1-41(2,3)29-26(17-46)56-38(30(43)33(29)51)59-36-27(18-47)57-39(31(34(36)52)44-15-20-9-11-22(49)24(13-20)54-7)60-37-28(19-48)58-40(61-42(4,5)6)32(35(37)53)45-16-21-10-12-23(50)25(14-21)55-8/h9-16,26-40,46-53H,17-19,43H2,1-8H3/b44-15+,45-16+. The van der Waals surface area contributed by atoms with Crippen molar-refractivity contribution in [3.05, 3.63) is 47.5 Å². The molecule has 0 radical (unpaired) electrons. The van der Waals surface area contributed by atoms with Crippen molar-refractivity contribution < 1.29 is 78.7 Å². The van der Waals surface area contributed by atoms with E-state index < -0.39 is 123 Å². The van der Waals surface area contributed by atoms with Gasteiger partial charge in [-0.1, -0.05) is 20.8 Å². The van der Waals surface area contributed by atoms with Crippen molar-refractivity contribution in [1.29, 1.82) is 0 Å². The Kier molecular flexibility index (Phi) is 16.1. The summed E-state index contributed by atoms with van der Waals surface area (Å²) < 4.78 is 47.8. The smallest absolute Gasteiger partial charge is 0.183 e. The second-order valence-corrected chi connectivity index (χ2v) is 17.4. The number of methoxy groups -OCH3 is 2. The number of hydrogen-bond donors (Lipinski definition) is 9. The van der Waals surface area contributed by atoms with Crippen LogP contribution in [0.4, 0.5) is 0 Å². The van der Waals surface area contributed by atoms with Crippen LogP contribution in [0.1, 0.15) is 52.7 Å². The molecule has 10 N–H and O–H groups in total. The van der Waals surface area contributed by atoms with Gasteiger partial charge in [0.05, 0.1) is 57.9 Å². The lowest BCUT2D eigenvalue weighted by Crippen LogP contribution is -2.67. The van der Waals surface area contributed by atoms with Crippen LogP contribution in [0.3, 0.4) is 0 Å². The highest BCUT2D eigenvalue weighted by Crippen LogP contribution is 2.40. The molecule has 3 heterocycles. The van der Waals surface area contributed by atoms with E-state index in [1.54, 1.807) is 26.8 Å². The molecular weight excluding hydrogens is 802 g/mol. The molecule has 3 aliphatic rings. The molecule has 19 nitrogen and oxygen atoms in total. The maximum absolute atomic E-state index is 12.1. The minimum atomic E-state index is -1.66. The number of hydrogen-bond acceptors (Lipinski definition) is 19. The molecule has 0 bridgehead atoms. The number of nitrogens with zero attached hydrogens (tertiary/aromatic N) is 2. The third-order valence-electron chi connectivity index (χ3n) is 10.9. The molecule has 15 unspecified atom stereocenters. The van der Waals surface area contributed by atoms with Gasteiger partial charge in [-0.25, -0.2) is 0 Å². The summed E-state index contributed by atoms with van der Waals surface area (Å²) in [4.78, 5) is 9.21. The first kappa shape index (κ1) is 48.5. The second-order valence-electron chi connectivity index (χ2n) is 17.4. The minimum Gasteiger partial charge on any atom is -0.504 e. The first-order valence-electron chi connectivity index (χ1n) is 20.1. The molecule has 0 aromatic heterocycles. The van der Waals surface area contributed by atoms with Gasteiger partial charge < -0.3 is 84.5 Å². The molecule has 0 saturated carbocycles. The van der Waals surface area contributed by atoms with Gasteiger partial charge in [0, 0.05) is 18.3 Å². The Bertz CT molecular complexity index is 1790. The summed E-state index contributed by atoms with van der Waals surface area (Å²) in [5, 5.41) is 87.3. The van der Waals surface area contributed by atoms with E-state index in [1.165, 1.54) is 57.0 Å². The molecule has 0 amide bonds. The van der Waals surface area contributed by atoms with E-state index in [0.717, 1.165) is 0 Å². The predicted molar refractivity (Wildman–Crippen MR) is 219 cm³/mol. The van der Waals surface area contributed by atoms with E-state index in [2.05, 4.69) is 9.98 Å². The summed E-state index contributed by atoms with van der Waals surface area (Å²) in [5.41, 5.74) is 6.08. The monoisotopic (exact) mass is 865 g/mol. The van der Waals surface area contributed by atoms with Crippen molar-refractivity contribution in [2.24, 2.45) is 27.1 Å². The molecule has 19 heteroatoms. The number of aliphatic imine (C=N–C) groups is 2. The number of rotatable bonds is 14. The first-order chi connectivity index (χ1) is 28.7. The number of aliphatic hydroxyl groups is 6. The number of aromatic hydroxyl groups is 2. The van der Waals surface area contributed by atoms with Crippen molar-refractivity contribution in [3.63, 3.8) is 0 Å². The van der Waals surface area contributed by atoms with E-state index in [4.69, 9.17) is 43.6 Å². The van der Waals surface area contributed by atoms with Crippen LogP contribution in [0.2, 0.25) is 0 Å². The molecule has 3 fully saturated rings. The van der Waals surface area contributed by atoms with Crippen molar-refractivity contribution in [2.75, 3.05) is 34.0 Å². The summed E-state index contributed by atoms with van der Waals surface area (Å²) in [7, 11) is 2.77. The maximum atomic E-state index is 12.1. The van der Waals surface area contributed by atoms with Crippen LogP contribution in [0.25, 0.3) is 0 Å². The van der Waals surface area contributed by atoms with Gasteiger partial charge in [0.2, 0.25) is 0 Å². The fraction of sp³-hybridized carbons (Fsp3) is 0.667. The Balaban J connectivity index is 1.50. The fourth-order valence-corrected chi connectivity index (χ4v) is 7.84. The third-order valence-corrected chi connectivity index (χ3v) is 10.9. The Morgan fingerprint density at radius 3 is 1.49 bits per heavy atom. The van der Waals surface area contributed by atoms with Crippen LogP contribution < -0.4 is 15.2 Å². The lowest BCUT2D eigenvalue weighted by atomic mass is 9.71. The number of aliphatic hydroxyl groups excluding tert-OH is 6. The van der Waals surface area contributed by atoms with E-state index in [-0.39, 0.29) is 23.0 Å². The number of phenolic OH excluding ortho intramolecular Hbond substituents is 2. The van der Waals surface area contributed by atoms with E-state index in [0.29, 0.717) is 11.1 Å². The normalized spacial score (nSPS) is 35.2. The molecule has 0 aliphatic carbocycles. The average molecular weight is 866 g/mol. The van der Waals surface area contributed by atoms with Crippen molar-refractivity contribution in [3.8, 4) is 23.0 Å². The second kappa shape index (κ2) is 20.3. The largest absolute Gasteiger partial charge is 0.504 e. The van der Waals surface area contributed by atoms with Crippen LogP contribution in [-0.4, -0.2) is 179 Å². The Hall–Kier alpha value is -3.54. The summed E-state index contributed by atoms with van der Waals surface area (Å²) >= 11 is 0. The molecule has 2 aromatic rings. The molecule has 0 spiro atoms. The number of nitrogens with two attached hydrogens (primary N) is 1. The highest BCUT2D eigenvalue weighted by atomic mass is 16.7. The van der Waals surface area contributed by atoms with Crippen molar-refractivity contribution in [2.45, 2.75) is 133 Å². The summed E-state index contributed by atoms with van der Waals surface area (Å²) in [6, 6.07) is 5.24. The Morgan fingerprint density at radius 2 is 1.07 bits per heavy atom. The minimum absolute atomic E-state index is 0.0886. The number of phenols is 2. The van der Waals surface area contributed by atoms with Gasteiger partial charge in [-0.05, 0) is 73.7 Å². The van der Waals surface area contributed by atoms with Gasteiger partial charge in [0.15, 0.2) is 41.9 Å². The zero-order valence-electron chi connectivity index (χ0n) is 35.7.